The first kappa shape index (κ1) is 15.1. The monoisotopic (exact) mass is 362 g/mol. The van der Waals surface area contributed by atoms with Gasteiger partial charge in [0.05, 0.1) is 6.10 Å². The fourth-order valence-electron chi connectivity index (χ4n) is 2.83. The highest BCUT2D eigenvalue weighted by molar-refractivity contribution is 9.10. The van der Waals surface area contributed by atoms with Crippen molar-refractivity contribution in [3.63, 3.8) is 0 Å². The first-order valence-electron chi connectivity index (χ1n) is 7.38. The minimum absolute atomic E-state index is 0.304. The molecule has 1 N–H and O–H groups in total. The van der Waals surface area contributed by atoms with E-state index in [0.717, 1.165) is 16.6 Å². The second kappa shape index (κ2) is 6.99. The molecule has 0 spiro atoms. The summed E-state index contributed by atoms with van der Waals surface area (Å²) in [6.45, 7) is 0. The Labute approximate surface area is 138 Å². The van der Waals surface area contributed by atoms with E-state index in [-0.39, 0.29) is 6.10 Å². The molecule has 0 saturated heterocycles. The molecule has 1 aliphatic rings. The van der Waals surface area contributed by atoms with Gasteiger partial charge in [0, 0.05) is 15.1 Å². The molecule has 0 heterocycles. The Balaban J connectivity index is 1.57. The molecule has 0 amide bonds. The predicted molar refractivity (Wildman–Crippen MR) is 93.0 cm³/mol. The van der Waals surface area contributed by atoms with Crippen molar-refractivity contribution >= 4 is 27.7 Å². The maximum atomic E-state index is 10.3. The highest BCUT2D eigenvalue weighted by Crippen LogP contribution is 2.28. The van der Waals surface area contributed by atoms with E-state index >= 15 is 0 Å². The molecular formula is C18H19BrOS. The number of aryl methyl sites for hydroxylation is 2. The average molecular weight is 363 g/mol. The maximum absolute atomic E-state index is 10.3. The average Bonchev–Trinajstić information content (AvgIpc) is 2.94. The van der Waals surface area contributed by atoms with E-state index in [4.69, 9.17) is 0 Å². The molecule has 0 aromatic heterocycles. The molecule has 1 aliphatic carbocycles. The number of fused-ring (bicyclic) bond motifs is 1. The third-order valence-electron chi connectivity index (χ3n) is 3.90. The van der Waals surface area contributed by atoms with E-state index in [1.165, 1.54) is 40.8 Å². The molecule has 2 aromatic carbocycles. The molecule has 0 aliphatic heterocycles. The molecule has 2 aromatic rings. The van der Waals surface area contributed by atoms with Crippen molar-refractivity contribution in [3.8, 4) is 0 Å². The molecule has 1 nitrogen and oxygen atoms in total. The minimum atomic E-state index is -0.304. The molecule has 1 unspecified atom stereocenters. The SMILES string of the molecule is OC(CSc1ccccc1Br)Cc1ccc2c(c1)CCC2. The van der Waals surface area contributed by atoms with Gasteiger partial charge in [0.25, 0.3) is 0 Å². The summed E-state index contributed by atoms with van der Waals surface area (Å²) in [7, 11) is 0. The molecule has 1 atom stereocenters. The van der Waals surface area contributed by atoms with Gasteiger partial charge < -0.3 is 5.11 Å². The van der Waals surface area contributed by atoms with E-state index in [1.807, 2.05) is 18.2 Å². The van der Waals surface area contributed by atoms with Crippen LogP contribution in [0.2, 0.25) is 0 Å². The molecule has 0 fully saturated rings. The summed E-state index contributed by atoms with van der Waals surface area (Å²) in [5.74, 6) is 0.722. The highest BCUT2D eigenvalue weighted by atomic mass is 79.9. The molecular weight excluding hydrogens is 344 g/mol. The first-order chi connectivity index (χ1) is 10.2. The molecule has 0 bridgehead atoms. The summed E-state index contributed by atoms with van der Waals surface area (Å²) < 4.78 is 1.10. The molecule has 0 saturated carbocycles. The summed E-state index contributed by atoms with van der Waals surface area (Å²) in [4.78, 5) is 1.19. The van der Waals surface area contributed by atoms with Gasteiger partial charge in [-0.1, -0.05) is 30.3 Å². The lowest BCUT2D eigenvalue weighted by Crippen LogP contribution is -2.13. The van der Waals surface area contributed by atoms with Crippen molar-refractivity contribution < 1.29 is 5.11 Å². The predicted octanol–water partition coefficient (Wildman–Crippen LogP) is 4.63. The standard InChI is InChI=1S/C18H19BrOS/c19-17-6-1-2-7-18(17)21-12-16(20)11-13-8-9-14-4-3-5-15(14)10-13/h1-2,6-10,16,20H,3-5,11-12H2. The fourth-order valence-corrected chi connectivity index (χ4v) is 4.33. The van der Waals surface area contributed by atoms with Gasteiger partial charge in [-0.2, -0.15) is 0 Å². The van der Waals surface area contributed by atoms with Gasteiger partial charge in [0.2, 0.25) is 0 Å². The van der Waals surface area contributed by atoms with Gasteiger partial charge in [-0.05, 0) is 70.4 Å². The van der Waals surface area contributed by atoms with Crippen LogP contribution in [0.4, 0.5) is 0 Å². The Morgan fingerprint density at radius 3 is 2.76 bits per heavy atom. The van der Waals surface area contributed by atoms with Gasteiger partial charge in [-0.3, -0.25) is 0 Å². The van der Waals surface area contributed by atoms with Crippen LogP contribution in [0.5, 0.6) is 0 Å². The van der Waals surface area contributed by atoms with Crippen LogP contribution in [0.1, 0.15) is 23.1 Å². The zero-order valence-corrected chi connectivity index (χ0v) is 14.3. The Morgan fingerprint density at radius 1 is 1.10 bits per heavy atom. The summed E-state index contributed by atoms with van der Waals surface area (Å²) >= 11 is 5.25. The number of benzene rings is 2. The second-order valence-electron chi connectivity index (χ2n) is 5.56. The Kier molecular flexibility index (Phi) is 5.04. The third kappa shape index (κ3) is 3.91. The maximum Gasteiger partial charge on any atom is 0.0674 e. The summed E-state index contributed by atoms with van der Waals surface area (Å²) in [5.41, 5.74) is 4.24. The van der Waals surface area contributed by atoms with Crippen molar-refractivity contribution in [3.05, 3.63) is 63.6 Å². The smallest absolute Gasteiger partial charge is 0.0674 e. The fraction of sp³-hybridized carbons (Fsp3) is 0.333. The summed E-state index contributed by atoms with van der Waals surface area (Å²) in [5, 5.41) is 10.3. The molecule has 0 radical (unpaired) electrons. The minimum Gasteiger partial charge on any atom is -0.392 e. The number of halogens is 1. The van der Waals surface area contributed by atoms with Crippen LogP contribution < -0.4 is 0 Å². The van der Waals surface area contributed by atoms with Gasteiger partial charge >= 0.3 is 0 Å². The van der Waals surface area contributed by atoms with Gasteiger partial charge in [0.1, 0.15) is 0 Å². The van der Waals surface area contributed by atoms with E-state index in [9.17, 15) is 5.11 Å². The molecule has 3 heteroatoms. The van der Waals surface area contributed by atoms with Crippen molar-refractivity contribution in [2.24, 2.45) is 0 Å². The molecule has 21 heavy (non-hydrogen) atoms. The van der Waals surface area contributed by atoms with Crippen molar-refractivity contribution in [1.29, 1.82) is 0 Å². The lowest BCUT2D eigenvalue weighted by Gasteiger charge is -2.12. The van der Waals surface area contributed by atoms with Gasteiger partial charge in [0.15, 0.2) is 0 Å². The van der Waals surface area contributed by atoms with E-state index in [0.29, 0.717) is 0 Å². The van der Waals surface area contributed by atoms with Crippen LogP contribution in [0.15, 0.2) is 51.8 Å². The quantitative estimate of drug-likeness (QED) is 0.782. The summed E-state index contributed by atoms with van der Waals surface area (Å²) in [6, 6.07) is 14.9. The lowest BCUT2D eigenvalue weighted by molar-refractivity contribution is 0.200. The van der Waals surface area contributed by atoms with Gasteiger partial charge in [-0.15, -0.1) is 11.8 Å². The molecule has 3 rings (SSSR count). The number of hydrogen-bond donors (Lipinski definition) is 1. The van der Waals surface area contributed by atoms with Crippen LogP contribution in [0, 0.1) is 0 Å². The Hall–Kier alpha value is -0.770. The van der Waals surface area contributed by atoms with Crippen molar-refractivity contribution in [2.75, 3.05) is 5.75 Å². The van der Waals surface area contributed by atoms with Crippen LogP contribution in [-0.2, 0) is 19.3 Å². The lowest BCUT2D eigenvalue weighted by atomic mass is 10.0. The Bertz CT molecular complexity index is 626. The number of hydrogen-bond acceptors (Lipinski definition) is 2. The van der Waals surface area contributed by atoms with Crippen LogP contribution >= 0.6 is 27.7 Å². The first-order valence-corrected chi connectivity index (χ1v) is 9.16. The van der Waals surface area contributed by atoms with Gasteiger partial charge in [-0.25, -0.2) is 0 Å². The third-order valence-corrected chi connectivity index (χ3v) is 6.07. The van der Waals surface area contributed by atoms with Crippen molar-refractivity contribution in [1.82, 2.24) is 0 Å². The normalized spacial score (nSPS) is 15.0. The topological polar surface area (TPSA) is 20.2 Å². The largest absolute Gasteiger partial charge is 0.392 e. The number of aliphatic hydroxyl groups is 1. The second-order valence-corrected chi connectivity index (χ2v) is 7.47. The van der Waals surface area contributed by atoms with E-state index < -0.39 is 0 Å². The van der Waals surface area contributed by atoms with Crippen molar-refractivity contribution in [2.45, 2.75) is 36.7 Å². The number of thioether (sulfide) groups is 1. The number of aliphatic hydroxyl groups excluding tert-OH is 1. The summed E-state index contributed by atoms with van der Waals surface area (Å²) in [6.07, 6.45) is 4.13. The number of rotatable bonds is 5. The van der Waals surface area contributed by atoms with Crippen LogP contribution in [-0.4, -0.2) is 17.0 Å². The highest BCUT2D eigenvalue weighted by Gasteiger charge is 2.13. The van der Waals surface area contributed by atoms with Crippen LogP contribution in [0.3, 0.4) is 0 Å². The van der Waals surface area contributed by atoms with E-state index in [2.05, 4.69) is 40.2 Å². The zero-order valence-electron chi connectivity index (χ0n) is 11.9. The Morgan fingerprint density at radius 2 is 1.90 bits per heavy atom. The van der Waals surface area contributed by atoms with Crippen LogP contribution in [0.25, 0.3) is 0 Å². The van der Waals surface area contributed by atoms with E-state index in [1.54, 1.807) is 11.8 Å². The zero-order chi connectivity index (χ0) is 14.7. The molecule has 110 valence electrons.